The minimum absolute atomic E-state index is 0.0194. The first kappa shape index (κ1) is 17.8. The van der Waals surface area contributed by atoms with Gasteiger partial charge >= 0.3 is 6.03 Å². The van der Waals surface area contributed by atoms with E-state index in [2.05, 4.69) is 44.3 Å². The number of nitrogens with zero attached hydrogens (tertiary/aromatic N) is 1. The van der Waals surface area contributed by atoms with E-state index in [0.29, 0.717) is 5.92 Å². The van der Waals surface area contributed by atoms with Crippen LogP contribution in [0.25, 0.3) is 0 Å². The molecule has 1 aliphatic heterocycles. The molecule has 0 aliphatic carbocycles. The Kier molecular flexibility index (Phi) is 6.05. The first-order valence-corrected chi connectivity index (χ1v) is 8.66. The van der Waals surface area contributed by atoms with Crippen LogP contribution >= 0.6 is 0 Å². The second-order valence-corrected chi connectivity index (χ2v) is 7.12. The van der Waals surface area contributed by atoms with Crippen molar-refractivity contribution in [3.05, 3.63) is 34.9 Å². The maximum Gasteiger partial charge on any atom is 0.317 e. The third-order valence-corrected chi connectivity index (χ3v) is 4.70. The molecular weight excluding hydrogens is 288 g/mol. The minimum atomic E-state index is -0.274. The summed E-state index contributed by atoms with van der Waals surface area (Å²) >= 11 is 0. The van der Waals surface area contributed by atoms with Gasteiger partial charge in [-0.2, -0.15) is 0 Å². The Morgan fingerprint density at radius 1 is 1.22 bits per heavy atom. The number of benzene rings is 1. The molecule has 0 spiro atoms. The summed E-state index contributed by atoms with van der Waals surface area (Å²) in [7, 11) is 0. The second-order valence-electron chi connectivity index (χ2n) is 7.12. The molecule has 1 aromatic carbocycles. The van der Waals surface area contributed by atoms with Crippen LogP contribution < -0.4 is 5.32 Å². The van der Waals surface area contributed by atoms with Crippen LogP contribution in [-0.4, -0.2) is 41.3 Å². The van der Waals surface area contributed by atoms with Gasteiger partial charge in [-0.1, -0.05) is 29.3 Å². The van der Waals surface area contributed by atoms with Gasteiger partial charge in [-0.15, -0.1) is 0 Å². The molecule has 1 aromatic rings. The lowest BCUT2D eigenvalue weighted by Gasteiger charge is -2.34. The van der Waals surface area contributed by atoms with Crippen LogP contribution in [0.3, 0.4) is 0 Å². The number of nitrogens with one attached hydrogen (secondary N) is 1. The smallest absolute Gasteiger partial charge is 0.317 e. The lowest BCUT2D eigenvalue weighted by atomic mass is 9.92. The number of aliphatic hydroxyl groups excluding tert-OH is 1. The highest BCUT2D eigenvalue weighted by molar-refractivity contribution is 5.74. The summed E-state index contributed by atoms with van der Waals surface area (Å²) in [6.07, 6.45) is 2.34. The Bertz CT molecular complexity index is 514. The summed E-state index contributed by atoms with van der Waals surface area (Å²) in [5.41, 5.74) is 3.79. The molecule has 2 N–H and O–H groups in total. The van der Waals surface area contributed by atoms with E-state index in [4.69, 9.17) is 0 Å². The van der Waals surface area contributed by atoms with Crippen LogP contribution in [-0.2, 0) is 6.42 Å². The van der Waals surface area contributed by atoms with Crippen molar-refractivity contribution in [2.45, 2.75) is 59.1 Å². The van der Waals surface area contributed by atoms with Gasteiger partial charge in [0.2, 0.25) is 0 Å². The van der Waals surface area contributed by atoms with Gasteiger partial charge in [-0.3, -0.25) is 0 Å². The summed E-state index contributed by atoms with van der Waals surface area (Å²) in [5, 5.41) is 12.7. The van der Waals surface area contributed by atoms with Crippen molar-refractivity contribution in [1.29, 1.82) is 0 Å². The van der Waals surface area contributed by atoms with Crippen molar-refractivity contribution >= 4 is 6.03 Å². The fourth-order valence-corrected chi connectivity index (χ4v) is 3.48. The van der Waals surface area contributed by atoms with Crippen LogP contribution in [0, 0.1) is 19.8 Å². The van der Waals surface area contributed by atoms with E-state index in [1.54, 1.807) is 0 Å². The number of piperidine rings is 1. The summed E-state index contributed by atoms with van der Waals surface area (Å²) in [5.74, 6) is 0.326. The molecule has 23 heavy (non-hydrogen) atoms. The zero-order chi connectivity index (χ0) is 17.0. The molecule has 2 unspecified atom stereocenters. The molecule has 0 bridgehead atoms. The monoisotopic (exact) mass is 318 g/mol. The minimum Gasteiger partial charge on any atom is -0.393 e. The van der Waals surface area contributed by atoms with E-state index in [1.165, 1.54) is 16.7 Å². The molecule has 1 fully saturated rings. The fourth-order valence-electron chi connectivity index (χ4n) is 3.48. The van der Waals surface area contributed by atoms with Crippen LogP contribution in [0.1, 0.15) is 43.4 Å². The van der Waals surface area contributed by atoms with Gasteiger partial charge in [0.1, 0.15) is 0 Å². The average molecular weight is 318 g/mol. The number of rotatable bonds is 4. The molecule has 2 rings (SSSR count). The van der Waals surface area contributed by atoms with E-state index in [-0.39, 0.29) is 18.2 Å². The highest BCUT2D eigenvalue weighted by Gasteiger charge is 2.25. The van der Waals surface area contributed by atoms with Gasteiger partial charge in [0.15, 0.2) is 0 Å². The van der Waals surface area contributed by atoms with Crippen molar-refractivity contribution in [2.24, 2.45) is 5.92 Å². The van der Waals surface area contributed by atoms with E-state index < -0.39 is 0 Å². The number of carbonyl (C=O) groups is 1. The molecule has 4 nitrogen and oxygen atoms in total. The SMILES string of the molecule is Cc1cc(C)cc(CC(C)NC(=O)N2CCC(C(C)O)CC2)c1. The molecule has 128 valence electrons. The maximum atomic E-state index is 12.4. The van der Waals surface area contributed by atoms with E-state index in [9.17, 15) is 9.90 Å². The predicted octanol–water partition coefficient (Wildman–Crippen LogP) is 3.04. The third-order valence-electron chi connectivity index (χ3n) is 4.70. The number of carbonyl (C=O) groups excluding carboxylic acids is 1. The third kappa shape index (κ3) is 5.24. The Morgan fingerprint density at radius 2 is 1.78 bits per heavy atom. The number of hydrogen-bond acceptors (Lipinski definition) is 2. The lowest BCUT2D eigenvalue weighted by Crippen LogP contribution is -2.48. The van der Waals surface area contributed by atoms with Gasteiger partial charge in [0.05, 0.1) is 6.10 Å². The van der Waals surface area contributed by atoms with Crippen LogP contribution in [0.4, 0.5) is 4.79 Å². The number of amides is 2. The van der Waals surface area contributed by atoms with E-state index in [1.807, 2.05) is 11.8 Å². The predicted molar refractivity (Wildman–Crippen MR) is 93.6 cm³/mol. The number of aryl methyl sites for hydroxylation is 2. The van der Waals surface area contributed by atoms with Gasteiger partial charge in [0.25, 0.3) is 0 Å². The molecule has 0 radical (unpaired) electrons. The van der Waals surface area contributed by atoms with Crippen molar-refractivity contribution in [1.82, 2.24) is 10.2 Å². The Morgan fingerprint density at radius 3 is 2.30 bits per heavy atom. The van der Waals surface area contributed by atoms with Gasteiger partial charge in [0, 0.05) is 19.1 Å². The van der Waals surface area contributed by atoms with Crippen molar-refractivity contribution in [3.63, 3.8) is 0 Å². The molecule has 1 aliphatic rings. The molecule has 1 heterocycles. The lowest BCUT2D eigenvalue weighted by molar-refractivity contribution is 0.0794. The number of urea groups is 1. The topological polar surface area (TPSA) is 52.6 Å². The first-order chi connectivity index (χ1) is 10.8. The van der Waals surface area contributed by atoms with Crippen LogP contribution in [0.5, 0.6) is 0 Å². The Balaban J connectivity index is 1.83. The van der Waals surface area contributed by atoms with Gasteiger partial charge in [-0.25, -0.2) is 4.79 Å². The Hall–Kier alpha value is -1.55. The standard InChI is InChI=1S/C19H30N2O2/c1-13-9-14(2)11-17(10-13)12-15(3)20-19(23)21-7-5-18(6-8-21)16(4)22/h9-11,15-16,18,22H,5-8,12H2,1-4H3,(H,20,23). The summed E-state index contributed by atoms with van der Waals surface area (Å²) in [6, 6.07) is 6.66. The summed E-state index contributed by atoms with van der Waals surface area (Å²) in [6.45, 7) is 9.57. The largest absolute Gasteiger partial charge is 0.393 e. The van der Waals surface area contributed by atoms with Gasteiger partial charge < -0.3 is 15.3 Å². The first-order valence-electron chi connectivity index (χ1n) is 8.66. The van der Waals surface area contributed by atoms with Crippen LogP contribution in [0.15, 0.2) is 18.2 Å². The van der Waals surface area contributed by atoms with Crippen molar-refractivity contribution in [3.8, 4) is 0 Å². The normalized spacial score (nSPS) is 18.6. The average Bonchev–Trinajstić information content (AvgIpc) is 2.45. The highest BCUT2D eigenvalue weighted by atomic mass is 16.3. The molecule has 2 amide bonds. The fraction of sp³-hybridized carbons (Fsp3) is 0.632. The molecule has 2 atom stereocenters. The zero-order valence-corrected chi connectivity index (χ0v) is 14.8. The van der Waals surface area contributed by atoms with Crippen molar-refractivity contribution in [2.75, 3.05) is 13.1 Å². The van der Waals surface area contributed by atoms with Crippen molar-refractivity contribution < 1.29 is 9.90 Å². The quantitative estimate of drug-likeness (QED) is 0.896. The number of hydrogen-bond donors (Lipinski definition) is 2. The maximum absolute atomic E-state index is 12.4. The molecule has 0 aromatic heterocycles. The Labute approximate surface area is 139 Å². The van der Waals surface area contributed by atoms with Gasteiger partial charge in [-0.05, 0) is 58.4 Å². The number of likely N-dealkylation sites (tertiary alicyclic amines) is 1. The summed E-state index contributed by atoms with van der Waals surface area (Å²) in [4.78, 5) is 14.2. The zero-order valence-electron chi connectivity index (χ0n) is 14.8. The highest BCUT2D eigenvalue weighted by Crippen LogP contribution is 2.20. The second kappa shape index (κ2) is 7.82. The molecule has 1 saturated heterocycles. The van der Waals surface area contributed by atoms with Crippen LogP contribution in [0.2, 0.25) is 0 Å². The number of aliphatic hydroxyl groups is 1. The molecular formula is C19H30N2O2. The van der Waals surface area contributed by atoms with E-state index in [0.717, 1.165) is 32.4 Å². The summed E-state index contributed by atoms with van der Waals surface area (Å²) < 4.78 is 0. The molecule has 4 heteroatoms. The van der Waals surface area contributed by atoms with E-state index >= 15 is 0 Å². The molecule has 0 saturated carbocycles.